The van der Waals surface area contributed by atoms with Gasteiger partial charge >= 0.3 is 12.2 Å². The van der Waals surface area contributed by atoms with Crippen LogP contribution in [0.2, 0.25) is 0 Å². The van der Waals surface area contributed by atoms with Crippen LogP contribution < -0.4 is 5.32 Å². The maximum Gasteiger partial charge on any atom is 0.410 e. The summed E-state index contributed by atoms with van der Waals surface area (Å²) in [5, 5.41) is 5.66. The Morgan fingerprint density at radius 2 is 1.37 bits per heavy atom. The van der Waals surface area contributed by atoms with Gasteiger partial charge in [0.15, 0.2) is 0 Å². The van der Waals surface area contributed by atoms with Crippen molar-refractivity contribution in [2.75, 3.05) is 25.0 Å². The second-order valence-electron chi connectivity index (χ2n) is 14.6. The average Bonchev–Trinajstić information content (AvgIpc) is 3.79. The molecule has 2 fully saturated rings. The van der Waals surface area contributed by atoms with Crippen LogP contribution in [0.1, 0.15) is 79.1 Å². The first kappa shape index (κ1) is 37.9. The highest BCUT2D eigenvalue weighted by Crippen LogP contribution is 2.34. The van der Waals surface area contributed by atoms with Gasteiger partial charge in [0.2, 0.25) is 0 Å². The molecule has 0 spiro atoms. The molecule has 2 aliphatic rings. The van der Waals surface area contributed by atoms with E-state index in [4.69, 9.17) is 9.47 Å². The van der Waals surface area contributed by atoms with Crippen LogP contribution in [0.15, 0.2) is 60.9 Å². The summed E-state index contributed by atoms with van der Waals surface area (Å²) in [6, 6.07) is 16.8. The minimum atomic E-state index is -0.538. The van der Waals surface area contributed by atoms with E-state index in [1.54, 1.807) is 4.90 Å². The lowest BCUT2D eigenvalue weighted by atomic mass is 10.0. The lowest BCUT2D eigenvalue weighted by molar-refractivity contribution is 0.0213. The Hall–Kier alpha value is -3.90. The third-order valence-corrected chi connectivity index (χ3v) is 8.56. The Morgan fingerprint density at radius 3 is 2.02 bits per heavy atom. The van der Waals surface area contributed by atoms with Crippen LogP contribution in [0, 0.1) is 0 Å². The Kier molecular flexibility index (Phi) is 11.9. The number of carbonyl (C=O) groups is 2. The summed E-state index contributed by atoms with van der Waals surface area (Å²) in [4.78, 5) is 41.8. The van der Waals surface area contributed by atoms with Gasteiger partial charge in [-0.2, -0.15) is 27.0 Å². The Bertz CT molecular complexity index is 1750. The van der Waals surface area contributed by atoms with Crippen LogP contribution >= 0.6 is 27.0 Å². The van der Waals surface area contributed by atoms with Gasteiger partial charge < -0.3 is 24.7 Å². The molecule has 0 bridgehead atoms. The van der Waals surface area contributed by atoms with Crippen LogP contribution in [0.25, 0.3) is 33.2 Å². The molecule has 2 aliphatic heterocycles. The van der Waals surface area contributed by atoms with Crippen LogP contribution in [0.3, 0.4) is 0 Å². The fraction of sp³-hybridized carbons (Fsp3) is 0.459. The predicted molar refractivity (Wildman–Crippen MR) is 205 cm³/mol. The monoisotopic (exact) mass is 706 g/mol. The number of fused-ring (bicyclic) bond motifs is 1. The molecule has 0 radical (unpaired) electrons. The number of nitrogens with zero attached hydrogens (tertiary/aromatic N) is 4. The molecule has 2 saturated heterocycles. The van der Waals surface area contributed by atoms with Crippen molar-refractivity contribution in [1.29, 1.82) is 0 Å². The number of carbonyl (C=O) groups excluding carboxylic acids is 2. The quantitative estimate of drug-likeness (QED) is 0.207. The first-order valence-corrected chi connectivity index (χ1v) is 16.6. The number of hydrogen-bond donors (Lipinski definition) is 2. The van der Waals surface area contributed by atoms with Crippen LogP contribution in [-0.4, -0.2) is 73.8 Å². The third-order valence-electron chi connectivity index (χ3n) is 8.56. The number of amides is 2. The summed E-state index contributed by atoms with van der Waals surface area (Å²) >= 11 is 0. The normalized spacial score (nSPS) is 17.8. The van der Waals surface area contributed by atoms with Gasteiger partial charge in [0.1, 0.15) is 22.8 Å². The molecule has 2 aromatic carbocycles. The van der Waals surface area contributed by atoms with Crippen molar-refractivity contribution in [2.24, 2.45) is 0 Å². The number of likely N-dealkylation sites (tertiary alicyclic amines) is 2. The van der Waals surface area contributed by atoms with Gasteiger partial charge in [0.25, 0.3) is 0 Å². The molecule has 0 unspecified atom stereocenters. The Morgan fingerprint density at radius 1 is 0.776 bits per heavy atom. The third kappa shape index (κ3) is 9.21. The number of aromatic nitrogens is 3. The lowest BCUT2D eigenvalue weighted by Crippen LogP contribution is -2.42. The number of pyridine rings is 1. The van der Waals surface area contributed by atoms with Crippen LogP contribution in [0.4, 0.5) is 15.4 Å². The van der Waals surface area contributed by atoms with Crippen molar-refractivity contribution in [3.8, 4) is 22.4 Å². The molecule has 4 heterocycles. The van der Waals surface area contributed by atoms with E-state index in [9.17, 15) is 9.59 Å². The molecule has 0 aliphatic carbocycles. The Labute approximate surface area is 303 Å². The molecule has 49 heavy (non-hydrogen) atoms. The molecule has 0 saturated carbocycles. The second kappa shape index (κ2) is 15.3. The van der Waals surface area contributed by atoms with E-state index in [0.717, 1.165) is 77.0 Å². The van der Waals surface area contributed by atoms with Crippen molar-refractivity contribution in [3.63, 3.8) is 0 Å². The van der Waals surface area contributed by atoms with E-state index >= 15 is 0 Å². The van der Waals surface area contributed by atoms with E-state index in [1.165, 1.54) is 0 Å². The number of ether oxygens (including phenoxy) is 2. The van der Waals surface area contributed by atoms with Crippen molar-refractivity contribution in [1.82, 2.24) is 24.8 Å². The zero-order valence-electron chi connectivity index (χ0n) is 29.3. The molecular weight excluding hydrogens is 657 g/mol. The van der Waals surface area contributed by atoms with Gasteiger partial charge in [0.05, 0.1) is 24.0 Å². The summed E-state index contributed by atoms with van der Waals surface area (Å²) in [6.45, 7) is 13.3. The lowest BCUT2D eigenvalue weighted by Gasteiger charge is -2.28. The summed E-state index contributed by atoms with van der Waals surface area (Å²) in [5.41, 5.74) is 3.03. The van der Waals surface area contributed by atoms with E-state index in [0.29, 0.717) is 13.1 Å². The smallest absolute Gasteiger partial charge is 0.410 e. The number of benzene rings is 2. The molecule has 12 heteroatoms. The van der Waals surface area contributed by atoms with E-state index < -0.39 is 11.2 Å². The minimum Gasteiger partial charge on any atom is -0.444 e. The van der Waals surface area contributed by atoms with Crippen LogP contribution in [0.5, 0.6) is 0 Å². The van der Waals surface area contributed by atoms with E-state index in [-0.39, 0.29) is 51.3 Å². The molecule has 264 valence electrons. The standard InChI is InChI=1S/C37H46N6O4.2H2S/c1-36(2,3)46-34(44)42-17-7-9-29(42)22-39-32-16-15-28(21-38-32)26-12-11-25-20-27(14-13-24(25)19-26)30-23-40-33(41-30)31-10-8-18-43(31)35(45)47-37(4,5)6;;/h11-16,19-21,23,29,31H,7-10,17-18,22H2,1-6H3,(H,38,39)(H,40,41);2*1H2/t29-,31-;;/m0../s1. The number of nitrogens with one attached hydrogen (secondary N) is 2. The number of anilines is 1. The molecule has 2 atom stereocenters. The SMILES string of the molecule is CC(C)(C)OC(=O)N1CCC[C@H]1CNc1ccc(-c2ccc3cc(-c4cnc([C@@H]5CCCN5C(=O)OC(C)(C)C)[nH]4)ccc3c2)cn1.S.S. The van der Waals surface area contributed by atoms with Gasteiger partial charge in [-0.1, -0.05) is 24.3 Å². The fourth-order valence-electron chi connectivity index (χ4n) is 6.34. The average molecular weight is 707 g/mol. The van der Waals surface area contributed by atoms with Crippen molar-refractivity contribution in [3.05, 3.63) is 66.7 Å². The first-order valence-electron chi connectivity index (χ1n) is 16.6. The molecule has 2 amide bonds. The van der Waals surface area contributed by atoms with Gasteiger partial charge in [-0.15, -0.1) is 0 Å². The summed E-state index contributed by atoms with van der Waals surface area (Å²) in [6.07, 6.45) is 6.87. The molecule has 4 aromatic rings. The maximum absolute atomic E-state index is 12.8. The van der Waals surface area contributed by atoms with Gasteiger partial charge in [-0.3, -0.25) is 4.90 Å². The molecule has 10 nitrogen and oxygen atoms in total. The van der Waals surface area contributed by atoms with Crippen molar-refractivity contribution < 1.29 is 19.1 Å². The second-order valence-corrected chi connectivity index (χ2v) is 14.6. The van der Waals surface area contributed by atoms with Gasteiger partial charge in [0, 0.05) is 37.0 Å². The molecule has 2 aromatic heterocycles. The maximum atomic E-state index is 12.8. The highest BCUT2D eigenvalue weighted by atomic mass is 32.1. The van der Waals surface area contributed by atoms with E-state index in [2.05, 4.69) is 62.7 Å². The first-order chi connectivity index (χ1) is 22.3. The highest BCUT2D eigenvalue weighted by Gasteiger charge is 2.35. The number of hydrogen-bond acceptors (Lipinski definition) is 7. The van der Waals surface area contributed by atoms with Gasteiger partial charge in [-0.25, -0.2) is 19.6 Å². The summed E-state index contributed by atoms with van der Waals surface area (Å²) in [5.74, 6) is 1.56. The minimum absolute atomic E-state index is 0. The van der Waals surface area contributed by atoms with Crippen molar-refractivity contribution >= 4 is 55.8 Å². The number of rotatable bonds is 6. The number of imidazole rings is 1. The fourth-order valence-corrected chi connectivity index (χ4v) is 6.34. The zero-order chi connectivity index (χ0) is 33.3. The molecule has 6 rings (SSSR count). The van der Waals surface area contributed by atoms with E-state index in [1.807, 2.05) is 64.9 Å². The van der Waals surface area contributed by atoms with Crippen LogP contribution in [-0.2, 0) is 9.47 Å². The predicted octanol–water partition coefficient (Wildman–Crippen LogP) is 8.40. The molecule has 2 N–H and O–H groups in total. The zero-order valence-corrected chi connectivity index (χ0v) is 31.3. The number of aromatic amines is 1. The largest absolute Gasteiger partial charge is 0.444 e. The summed E-state index contributed by atoms with van der Waals surface area (Å²) < 4.78 is 11.2. The topological polar surface area (TPSA) is 113 Å². The van der Waals surface area contributed by atoms with Gasteiger partial charge in [-0.05, 0) is 108 Å². The summed E-state index contributed by atoms with van der Waals surface area (Å²) in [7, 11) is 0. The number of H-pyrrole nitrogens is 1. The Balaban J connectivity index is 0.00000270. The molecular formula is C37H50N6O4S2. The highest BCUT2D eigenvalue weighted by molar-refractivity contribution is 7.59. The van der Waals surface area contributed by atoms with Crippen molar-refractivity contribution in [2.45, 2.75) is 90.5 Å².